The van der Waals surface area contributed by atoms with E-state index in [2.05, 4.69) is 15.3 Å². The van der Waals surface area contributed by atoms with Crippen LogP contribution < -0.4 is 10.1 Å². The van der Waals surface area contributed by atoms with Gasteiger partial charge in [-0.3, -0.25) is 0 Å². The molecular formula is C17H15N3O. The van der Waals surface area contributed by atoms with Gasteiger partial charge in [-0.1, -0.05) is 24.3 Å². The smallest absolute Gasteiger partial charge is 0.129 e. The number of hydrogen-bond donors (Lipinski definition) is 1. The number of nitrogens with zero attached hydrogens (tertiary/aromatic N) is 2. The molecule has 0 unspecified atom stereocenters. The first kappa shape index (κ1) is 13.1. The van der Waals surface area contributed by atoms with Gasteiger partial charge in [0.1, 0.15) is 17.8 Å². The maximum Gasteiger partial charge on any atom is 0.129 e. The van der Waals surface area contributed by atoms with E-state index in [0.29, 0.717) is 6.54 Å². The Balaban J connectivity index is 1.66. The molecule has 2 aromatic carbocycles. The van der Waals surface area contributed by atoms with Gasteiger partial charge in [-0.15, -0.1) is 0 Å². The lowest BCUT2D eigenvalue weighted by atomic mass is 10.3. The van der Waals surface area contributed by atoms with Crippen LogP contribution in [-0.2, 0) is 6.54 Å². The molecule has 0 saturated carbocycles. The van der Waals surface area contributed by atoms with Crippen molar-refractivity contribution in [2.75, 3.05) is 5.32 Å². The van der Waals surface area contributed by atoms with E-state index < -0.39 is 0 Å². The second kappa shape index (κ2) is 6.52. The predicted octanol–water partition coefficient (Wildman–Crippen LogP) is 3.88. The van der Waals surface area contributed by atoms with E-state index in [1.54, 1.807) is 12.5 Å². The predicted molar refractivity (Wildman–Crippen MR) is 82.3 cm³/mol. The van der Waals surface area contributed by atoms with Gasteiger partial charge in [0, 0.05) is 18.0 Å². The minimum Gasteiger partial charge on any atom is -0.457 e. The zero-order chi connectivity index (χ0) is 14.3. The fourth-order valence-corrected chi connectivity index (χ4v) is 1.91. The number of anilines is 1. The van der Waals surface area contributed by atoms with Crippen molar-refractivity contribution < 1.29 is 4.74 Å². The van der Waals surface area contributed by atoms with Crippen LogP contribution in [0, 0.1) is 0 Å². The Morgan fingerprint density at radius 2 is 1.76 bits per heavy atom. The highest BCUT2D eigenvalue weighted by Gasteiger charge is 1.99. The third-order valence-electron chi connectivity index (χ3n) is 2.93. The Morgan fingerprint density at radius 1 is 0.905 bits per heavy atom. The van der Waals surface area contributed by atoms with E-state index in [4.69, 9.17) is 4.74 Å². The fraction of sp³-hybridized carbons (Fsp3) is 0.0588. The average molecular weight is 277 g/mol. The van der Waals surface area contributed by atoms with Gasteiger partial charge >= 0.3 is 0 Å². The summed E-state index contributed by atoms with van der Waals surface area (Å²) in [6.45, 7) is 0.650. The van der Waals surface area contributed by atoms with Crippen molar-refractivity contribution >= 4 is 5.69 Å². The minimum atomic E-state index is 0.650. The molecule has 0 radical (unpaired) electrons. The molecular weight excluding hydrogens is 262 g/mol. The molecule has 3 aromatic rings. The van der Waals surface area contributed by atoms with Crippen LogP contribution in [0.15, 0.2) is 73.2 Å². The number of benzene rings is 2. The molecule has 1 heterocycles. The summed E-state index contributed by atoms with van der Waals surface area (Å²) < 4.78 is 5.81. The van der Waals surface area contributed by atoms with Crippen molar-refractivity contribution in [1.82, 2.24) is 9.97 Å². The quantitative estimate of drug-likeness (QED) is 0.768. The van der Waals surface area contributed by atoms with Gasteiger partial charge in [0.2, 0.25) is 0 Å². The Bertz CT molecular complexity index is 687. The summed E-state index contributed by atoms with van der Waals surface area (Å²) in [7, 11) is 0. The Hall–Kier alpha value is -2.88. The number of nitrogens with one attached hydrogen (secondary N) is 1. The third-order valence-corrected chi connectivity index (χ3v) is 2.93. The number of ether oxygens (including phenoxy) is 1. The van der Waals surface area contributed by atoms with Crippen molar-refractivity contribution in [3.63, 3.8) is 0 Å². The van der Waals surface area contributed by atoms with Crippen LogP contribution in [0.4, 0.5) is 5.69 Å². The van der Waals surface area contributed by atoms with Gasteiger partial charge < -0.3 is 10.1 Å². The molecule has 0 atom stereocenters. The molecule has 4 nitrogen and oxygen atoms in total. The summed E-state index contributed by atoms with van der Waals surface area (Å²) >= 11 is 0. The molecule has 21 heavy (non-hydrogen) atoms. The first-order chi connectivity index (χ1) is 10.4. The fourth-order valence-electron chi connectivity index (χ4n) is 1.91. The molecule has 4 heteroatoms. The van der Waals surface area contributed by atoms with E-state index in [-0.39, 0.29) is 0 Å². The zero-order valence-corrected chi connectivity index (χ0v) is 11.4. The highest BCUT2D eigenvalue weighted by Crippen LogP contribution is 2.23. The van der Waals surface area contributed by atoms with Crippen LogP contribution in [0.25, 0.3) is 0 Å². The van der Waals surface area contributed by atoms with E-state index in [1.165, 1.54) is 0 Å². The number of para-hydroxylation sites is 1. The van der Waals surface area contributed by atoms with E-state index in [1.807, 2.05) is 60.7 Å². The van der Waals surface area contributed by atoms with Crippen LogP contribution in [0.2, 0.25) is 0 Å². The second-order valence-electron chi connectivity index (χ2n) is 4.50. The molecule has 104 valence electrons. The Kier molecular flexibility index (Phi) is 4.07. The molecule has 0 aliphatic heterocycles. The number of hydrogen-bond acceptors (Lipinski definition) is 4. The molecule has 0 aliphatic carbocycles. The molecule has 1 N–H and O–H groups in total. The van der Waals surface area contributed by atoms with Gasteiger partial charge in [-0.25, -0.2) is 9.97 Å². The highest BCUT2D eigenvalue weighted by atomic mass is 16.5. The van der Waals surface area contributed by atoms with Gasteiger partial charge in [0.05, 0.1) is 12.2 Å². The molecule has 0 amide bonds. The Labute approximate surface area is 123 Å². The van der Waals surface area contributed by atoms with Crippen molar-refractivity contribution in [3.05, 3.63) is 78.9 Å². The lowest BCUT2D eigenvalue weighted by Crippen LogP contribution is -2.01. The average Bonchev–Trinajstić information content (AvgIpc) is 2.55. The molecule has 0 bridgehead atoms. The molecule has 0 fully saturated rings. The first-order valence-corrected chi connectivity index (χ1v) is 6.72. The van der Waals surface area contributed by atoms with Crippen molar-refractivity contribution in [2.45, 2.75) is 6.54 Å². The van der Waals surface area contributed by atoms with Crippen molar-refractivity contribution in [3.8, 4) is 11.5 Å². The lowest BCUT2D eigenvalue weighted by Gasteiger charge is -2.09. The SMILES string of the molecule is c1ccc(Oc2cccc(NCc3ccncn3)c2)cc1. The monoisotopic (exact) mass is 277 g/mol. The Morgan fingerprint density at radius 3 is 2.57 bits per heavy atom. The van der Waals surface area contributed by atoms with Crippen LogP contribution >= 0.6 is 0 Å². The summed E-state index contributed by atoms with van der Waals surface area (Å²) in [6, 6.07) is 19.5. The maximum atomic E-state index is 5.81. The van der Waals surface area contributed by atoms with Gasteiger partial charge in [-0.2, -0.15) is 0 Å². The number of aromatic nitrogens is 2. The number of rotatable bonds is 5. The summed E-state index contributed by atoms with van der Waals surface area (Å²) in [5, 5.41) is 3.32. The van der Waals surface area contributed by atoms with Gasteiger partial charge in [0.15, 0.2) is 0 Å². The summed E-state index contributed by atoms with van der Waals surface area (Å²) in [4.78, 5) is 8.08. The van der Waals surface area contributed by atoms with Crippen molar-refractivity contribution in [2.24, 2.45) is 0 Å². The minimum absolute atomic E-state index is 0.650. The molecule has 0 spiro atoms. The summed E-state index contributed by atoms with van der Waals surface area (Å²) in [6.07, 6.45) is 3.28. The van der Waals surface area contributed by atoms with Crippen molar-refractivity contribution in [1.29, 1.82) is 0 Å². The first-order valence-electron chi connectivity index (χ1n) is 6.72. The molecule has 0 aliphatic rings. The van der Waals surface area contributed by atoms with Crippen LogP contribution in [0.3, 0.4) is 0 Å². The zero-order valence-electron chi connectivity index (χ0n) is 11.4. The van der Waals surface area contributed by atoms with Gasteiger partial charge in [0.25, 0.3) is 0 Å². The van der Waals surface area contributed by atoms with Crippen LogP contribution in [0.1, 0.15) is 5.69 Å². The van der Waals surface area contributed by atoms with E-state index >= 15 is 0 Å². The standard InChI is InChI=1S/C17H15N3O/c1-2-6-16(7-3-1)21-17-8-4-5-14(11-17)19-12-15-9-10-18-13-20-15/h1-11,13,19H,12H2. The maximum absolute atomic E-state index is 5.81. The summed E-state index contributed by atoms with van der Waals surface area (Å²) in [5.74, 6) is 1.62. The third kappa shape index (κ3) is 3.79. The van der Waals surface area contributed by atoms with Crippen LogP contribution in [-0.4, -0.2) is 9.97 Å². The molecule has 0 saturated heterocycles. The highest BCUT2D eigenvalue weighted by molar-refractivity contribution is 5.49. The second-order valence-corrected chi connectivity index (χ2v) is 4.50. The summed E-state index contributed by atoms with van der Waals surface area (Å²) in [5.41, 5.74) is 1.93. The molecule has 3 rings (SSSR count). The largest absolute Gasteiger partial charge is 0.457 e. The lowest BCUT2D eigenvalue weighted by molar-refractivity contribution is 0.483. The van der Waals surface area contributed by atoms with Crippen LogP contribution in [0.5, 0.6) is 11.5 Å². The topological polar surface area (TPSA) is 47.0 Å². The normalized spacial score (nSPS) is 10.1. The van der Waals surface area contributed by atoms with E-state index in [0.717, 1.165) is 22.9 Å². The molecule has 1 aromatic heterocycles. The van der Waals surface area contributed by atoms with Gasteiger partial charge in [-0.05, 0) is 30.3 Å². The van der Waals surface area contributed by atoms with E-state index in [9.17, 15) is 0 Å².